The molecule has 0 aromatic heterocycles. The lowest BCUT2D eigenvalue weighted by atomic mass is 9.67. The average molecular weight is 517 g/mol. The lowest BCUT2D eigenvalue weighted by Gasteiger charge is -2.39. The van der Waals surface area contributed by atoms with Crippen LogP contribution in [0.5, 0.6) is 0 Å². The van der Waals surface area contributed by atoms with Gasteiger partial charge in [-0.1, -0.05) is 103 Å². The zero-order chi connectivity index (χ0) is 27.2. The topological polar surface area (TPSA) is 72.2 Å². The van der Waals surface area contributed by atoms with Gasteiger partial charge in [-0.3, -0.25) is 9.59 Å². The molecule has 40 heavy (non-hydrogen) atoms. The van der Waals surface area contributed by atoms with Crippen molar-refractivity contribution >= 4 is 28.6 Å². The third-order valence-corrected chi connectivity index (χ3v) is 8.63. The monoisotopic (exact) mass is 516 g/mol. The Morgan fingerprint density at radius 3 is 1.75 bits per heavy atom. The van der Waals surface area contributed by atoms with Crippen molar-refractivity contribution in [1.82, 2.24) is 0 Å². The Balaban J connectivity index is 1.51. The Morgan fingerprint density at radius 2 is 1.15 bits per heavy atom. The van der Waals surface area contributed by atoms with Gasteiger partial charge in [0.25, 0.3) is 0 Å². The Hall–Kier alpha value is -5.22. The van der Waals surface area contributed by atoms with Crippen LogP contribution in [0, 0.1) is 6.92 Å². The van der Waals surface area contributed by atoms with Crippen LogP contribution in [-0.2, 0) is 5.41 Å². The smallest absolute Gasteiger partial charge is 0.196 e. The van der Waals surface area contributed by atoms with E-state index >= 15 is 0 Å². The highest BCUT2D eigenvalue weighted by molar-refractivity contribution is 6.32. The first-order valence-electron chi connectivity index (χ1n) is 13.4. The van der Waals surface area contributed by atoms with E-state index in [1.165, 1.54) is 0 Å². The van der Waals surface area contributed by atoms with Gasteiger partial charge in [0.15, 0.2) is 11.6 Å². The summed E-state index contributed by atoms with van der Waals surface area (Å²) in [5, 5.41) is 3.62. The van der Waals surface area contributed by atoms with Crippen LogP contribution in [0.4, 0.5) is 11.4 Å². The predicted molar refractivity (Wildman–Crippen MR) is 159 cm³/mol. The molecular weight excluding hydrogens is 492 g/mol. The van der Waals surface area contributed by atoms with Gasteiger partial charge in [0.05, 0.1) is 22.2 Å². The van der Waals surface area contributed by atoms with Crippen molar-refractivity contribution in [3.63, 3.8) is 0 Å². The van der Waals surface area contributed by atoms with E-state index in [0.29, 0.717) is 28.1 Å². The number of hydrogen-bond donors (Lipinski definition) is 2. The number of benzene rings is 5. The molecular formula is C36H24N2O2. The molecule has 0 saturated carbocycles. The first-order valence-corrected chi connectivity index (χ1v) is 13.4. The maximum Gasteiger partial charge on any atom is 0.196 e. The van der Waals surface area contributed by atoms with E-state index in [2.05, 4.69) is 91.1 Å². The molecule has 0 fully saturated rings. The highest BCUT2D eigenvalue weighted by Gasteiger charge is 2.49. The molecule has 0 saturated heterocycles. The summed E-state index contributed by atoms with van der Waals surface area (Å²) in [6.07, 6.45) is 2.26. The molecule has 4 nitrogen and oxygen atoms in total. The van der Waals surface area contributed by atoms with Gasteiger partial charge in [-0.15, -0.1) is 0 Å². The van der Waals surface area contributed by atoms with E-state index in [-0.39, 0.29) is 17.1 Å². The minimum Gasteiger partial charge on any atom is -0.398 e. The van der Waals surface area contributed by atoms with Crippen molar-refractivity contribution in [2.75, 3.05) is 11.1 Å². The van der Waals surface area contributed by atoms with E-state index in [9.17, 15) is 9.59 Å². The fraction of sp³-hybridized carbons (Fsp3) is 0.0556. The van der Waals surface area contributed by atoms with Crippen LogP contribution in [0.15, 0.2) is 109 Å². The number of hydrogen-bond acceptors (Lipinski definition) is 4. The summed E-state index contributed by atoms with van der Waals surface area (Å²) in [6.45, 7) is 2.06. The van der Waals surface area contributed by atoms with E-state index in [0.717, 1.165) is 44.6 Å². The molecule has 0 bridgehead atoms. The van der Waals surface area contributed by atoms with Crippen LogP contribution in [0.1, 0.15) is 59.7 Å². The molecule has 1 heterocycles. The molecule has 3 N–H and O–H groups in total. The quantitative estimate of drug-likeness (QED) is 0.228. The SMILES string of the molecule is Cc1ccc(C2=CC3(c4ccccc4-c4ccccc43)c3cc(N)c4c(c3N2)C(=O)c2ccccc2C4=O)cc1. The third kappa shape index (κ3) is 2.80. The number of allylic oxidation sites excluding steroid dienone is 1. The molecule has 0 radical (unpaired) electrons. The largest absolute Gasteiger partial charge is 0.398 e. The molecule has 8 rings (SSSR count). The van der Waals surface area contributed by atoms with Crippen LogP contribution >= 0.6 is 0 Å². The second-order valence-electron chi connectivity index (χ2n) is 10.8. The minimum atomic E-state index is -0.711. The van der Waals surface area contributed by atoms with Gasteiger partial charge in [-0.2, -0.15) is 0 Å². The second-order valence-corrected chi connectivity index (χ2v) is 10.8. The molecule has 5 aromatic rings. The van der Waals surface area contributed by atoms with Crippen LogP contribution in [0.2, 0.25) is 0 Å². The lowest BCUT2D eigenvalue weighted by Crippen LogP contribution is -2.33. The van der Waals surface area contributed by atoms with Gasteiger partial charge < -0.3 is 11.1 Å². The molecule has 1 spiro atoms. The summed E-state index contributed by atoms with van der Waals surface area (Å²) in [5.41, 5.74) is 16.8. The minimum absolute atomic E-state index is 0.193. The number of carbonyl (C=O) groups is 2. The van der Waals surface area contributed by atoms with E-state index in [1.807, 2.05) is 6.07 Å². The molecule has 0 amide bonds. The number of nitrogens with one attached hydrogen (secondary N) is 1. The molecule has 1 aliphatic heterocycles. The molecule has 190 valence electrons. The van der Waals surface area contributed by atoms with Crippen molar-refractivity contribution in [3.8, 4) is 11.1 Å². The fourth-order valence-corrected chi connectivity index (χ4v) is 6.83. The van der Waals surface area contributed by atoms with E-state index in [1.54, 1.807) is 24.3 Å². The van der Waals surface area contributed by atoms with Crippen molar-refractivity contribution in [2.45, 2.75) is 12.3 Å². The summed E-state index contributed by atoms with van der Waals surface area (Å²) in [5.74, 6) is -0.416. The van der Waals surface area contributed by atoms with Gasteiger partial charge in [0, 0.05) is 22.5 Å². The number of rotatable bonds is 1. The Morgan fingerprint density at radius 1 is 0.625 bits per heavy atom. The zero-order valence-corrected chi connectivity index (χ0v) is 21.8. The Kier molecular flexibility index (Phi) is 4.49. The number of aryl methyl sites for hydroxylation is 1. The fourth-order valence-electron chi connectivity index (χ4n) is 6.83. The molecule has 4 heteroatoms. The molecule has 0 unspecified atom stereocenters. The molecule has 0 atom stereocenters. The van der Waals surface area contributed by atoms with Crippen molar-refractivity contribution in [3.05, 3.63) is 159 Å². The number of anilines is 2. The average Bonchev–Trinajstić information content (AvgIpc) is 3.26. The highest BCUT2D eigenvalue weighted by Crippen LogP contribution is 2.59. The maximum atomic E-state index is 14.2. The van der Waals surface area contributed by atoms with Gasteiger partial charge in [0.2, 0.25) is 0 Å². The highest BCUT2D eigenvalue weighted by atomic mass is 16.1. The summed E-state index contributed by atoms with van der Waals surface area (Å²) < 4.78 is 0. The summed E-state index contributed by atoms with van der Waals surface area (Å²) in [6, 6.07) is 34.1. The second kappa shape index (κ2) is 7.90. The first-order chi connectivity index (χ1) is 19.5. The van der Waals surface area contributed by atoms with Gasteiger partial charge in [-0.25, -0.2) is 0 Å². The van der Waals surface area contributed by atoms with Crippen molar-refractivity contribution in [1.29, 1.82) is 0 Å². The normalized spacial score (nSPS) is 15.4. The van der Waals surface area contributed by atoms with E-state index < -0.39 is 5.41 Å². The van der Waals surface area contributed by atoms with Gasteiger partial charge in [-0.05, 0) is 52.4 Å². The van der Waals surface area contributed by atoms with Crippen LogP contribution in [0.3, 0.4) is 0 Å². The number of fused-ring (bicyclic) bond motifs is 10. The Labute approximate surface area is 231 Å². The molecule has 2 aliphatic carbocycles. The van der Waals surface area contributed by atoms with Gasteiger partial charge in [0.1, 0.15) is 0 Å². The lowest BCUT2D eigenvalue weighted by molar-refractivity contribution is 0.0980. The van der Waals surface area contributed by atoms with Crippen molar-refractivity contribution in [2.24, 2.45) is 0 Å². The first kappa shape index (κ1) is 22.7. The molecule has 5 aromatic carbocycles. The van der Waals surface area contributed by atoms with Crippen LogP contribution in [-0.4, -0.2) is 11.6 Å². The Bertz CT molecular complexity index is 1940. The summed E-state index contributed by atoms with van der Waals surface area (Å²) in [7, 11) is 0. The number of carbonyl (C=O) groups excluding carboxylic acids is 2. The van der Waals surface area contributed by atoms with E-state index in [4.69, 9.17) is 5.73 Å². The van der Waals surface area contributed by atoms with Crippen LogP contribution in [0.25, 0.3) is 16.8 Å². The number of ketones is 2. The predicted octanol–water partition coefficient (Wildman–Crippen LogP) is 7.13. The third-order valence-electron chi connectivity index (χ3n) is 8.63. The zero-order valence-electron chi connectivity index (χ0n) is 21.8. The molecule has 3 aliphatic rings. The van der Waals surface area contributed by atoms with Crippen molar-refractivity contribution < 1.29 is 9.59 Å². The summed E-state index contributed by atoms with van der Waals surface area (Å²) in [4.78, 5) is 28.0. The maximum absolute atomic E-state index is 14.2. The number of nitrogen functional groups attached to an aromatic ring is 1. The van der Waals surface area contributed by atoms with Gasteiger partial charge >= 0.3 is 0 Å². The number of nitrogens with two attached hydrogens (primary N) is 1. The van der Waals surface area contributed by atoms with Crippen LogP contribution < -0.4 is 11.1 Å². The summed E-state index contributed by atoms with van der Waals surface area (Å²) >= 11 is 0. The standard InChI is InChI=1S/C36H24N2O2/c1-20-14-16-21(17-15-20)30-19-36(26-12-6-4-8-22(26)23-9-5-7-13-27(23)36)28-18-29(37)31-32(33(28)38-30)35(40)25-11-3-2-10-24(25)34(31)39/h2-19,38H,37H2,1H3.